The molecule has 0 bridgehead atoms. The lowest BCUT2D eigenvalue weighted by Gasteiger charge is -2.03. The zero-order chi connectivity index (χ0) is 13.0. The number of rotatable bonds is 6. The first-order chi connectivity index (χ1) is 8.72. The van der Waals surface area contributed by atoms with Crippen molar-refractivity contribution in [3.63, 3.8) is 0 Å². The van der Waals surface area contributed by atoms with Crippen molar-refractivity contribution in [2.75, 3.05) is 0 Å². The van der Waals surface area contributed by atoms with Crippen LogP contribution < -0.4 is 5.32 Å². The second kappa shape index (κ2) is 5.87. The van der Waals surface area contributed by atoms with Crippen LogP contribution in [0.25, 0.3) is 0 Å². The van der Waals surface area contributed by atoms with Crippen LogP contribution in [0.15, 0.2) is 24.7 Å². The monoisotopic (exact) mass is 246 g/mol. The van der Waals surface area contributed by atoms with Gasteiger partial charge in [0, 0.05) is 50.8 Å². The quantitative estimate of drug-likeness (QED) is 0.847. The Kier molecular flexibility index (Phi) is 4.20. The summed E-state index contributed by atoms with van der Waals surface area (Å²) in [6.07, 6.45) is 7.41. The summed E-state index contributed by atoms with van der Waals surface area (Å²) < 4.78 is 4.09. The van der Waals surface area contributed by atoms with Gasteiger partial charge in [-0.1, -0.05) is 6.92 Å². The molecule has 0 atom stereocenters. The molecule has 0 aliphatic carbocycles. The molecule has 2 rings (SSSR count). The van der Waals surface area contributed by atoms with Crippen LogP contribution in [0.4, 0.5) is 0 Å². The highest BCUT2D eigenvalue weighted by molar-refractivity contribution is 5.17. The van der Waals surface area contributed by atoms with E-state index in [9.17, 15) is 0 Å². The molecule has 0 saturated carbocycles. The van der Waals surface area contributed by atoms with Gasteiger partial charge in [-0.3, -0.25) is 4.68 Å². The summed E-state index contributed by atoms with van der Waals surface area (Å²) in [5.41, 5.74) is 3.82. The molecule has 2 heterocycles. The fourth-order valence-electron chi connectivity index (χ4n) is 2.16. The van der Waals surface area contributed by atoms with Gasteiger partial charge in [0.15, 0.2) is 0 Å². The van der Waals surface area contributed by atoms with Crippen LogP contribution in [-0.2, 0) is 33.1 Å². The summed E-state index contributed by atoms with van der Waals surface area (Å²) >= 11 is 0. The molecule has 0 amide bonds. The van der Waals surface area contributed by atoms with Gasteiger partial charge in [-0.15, -0.1) is 0 Å². The SMILES string of the molecule is CCc1nn(C)cc1CNCc1ccn(CC)c1. The Hall–Kier alpha value is -1.55. The fraction of sp³-hybridized carbons (Fsp3) is 0.500. The van der Waals surface area contributed by atoms with Crippen LogP contribution in [0.2, 0.25) is 0 Å². The van der Waals surface area contributed by atoms with Crippen LogP contribution >= 0.6 is 0 Å². The Morgan fingerprint density at radius 1 is 1.22 bits per heavy atom. The average molecular weight is 246 g/mol. The molecule has 0 unspecified atom stereocenters. The third kappa shape index (κ3) is 3.01. The lowest BCUT2D eigenvalue weighted by Crippen LogP contribution is -2.13. The van der Waals surface area contributed by atoms with Crippen molar-refractivity contribution < 1.29 is 0 Å². The van der Waals surface area contributed by atoms with Gasteiger partial charge in [-0.05, 0) is 25.0 Å². The molecule has 0 radical (unpaired) electrons. The highest BCUT2D eigenvalue weighted by atomic mass is 15.3. The Labute approximate surface area is 109 Å². The molecule has 1 N–H and O–H groups in total. The van der Waals surface area contributed by atoms with Crippen molar-refractivity contribution in [3.8, 4) is 0 Å². The molecule has 0 fully saturated rings. The van der Waals surface area contributed by atoms with E-state index in [4.69, 9.17) is 0 Å². The number of hydrogen-bond donors (Lipinski definition) is 1. The summed E-state index contributed by atoms with van der Waals surface area (Å²) in [4.78, 5) is 0. The topological polar surface area (TPSA) is 34.8 Å². The second-order valence-corrected chi connectivity index (χ2v) is 4.58. The predicted octanol–water partition coefficient (Wildman–Crippen LogP) is 2.09. The van der Waals surface area contributed by atoms with E-state index in [0.717, 1.165) is 26.1 Å². The molecule has 0 saturated heterocycles. The summed E-state index contributed by atoms with van der Waals surface area (Å²) in [5, 5.41) is 7.92. The summed E-state index contributed by atoms with van der Waals surface area (Å²) in [6, 6.07) is 2.17. The minimum absolute atomic E-state index is 0.883. The standard InChI is InChI=1S/C14H22N4/c1-4-14-13(11-17(3)16-14)9-15-8-12-6-7-18(5-2)10-12/h6-7,10-11,15H,4-5,8-9H2,1-3H3. The fourth-order valence-corrected chi connectivity index (χ4v) is 2.16. The van der Waals surface area contributed by atoms with Gasteiger partial charge in [-0.25, -0.2) is 0 Å². The van der Waals surface area contributed by atoms with Gasteiger partial charge in [0.05, 0.1) is 5.69 Å². The smallest absolute Gasteiger partial charge is 0.0666 e. The van der Waals surface area contributed by atoms with Crippen molar-refractivity contribution in [1.82, 2.24) is 19.7 Å². The molecule has 0 aliphatic heterocycles. The van der Waals surface area contributed by atoms with Crippen LogP contribution in [-0.4, -0.2) is 14.3 Å². The first-order valence-electron chi connectivity index (χ1n) is 6.59. The van der Waals surface area contributed by atoms with Crippen molar-refractivity contribution in [1.29, 1.82) is 0 Å². The Morgan fingerprint density at radius 3 is 2.72 bits per heavy atom. The first kappa shape index (κ1) is 12.9. The van der Waals surface area contributed by atoms with Crippen LogP contribution in [0.5, 0.6) is 0 Å². The van der Waals surface area contributed by atoms with Crippen LogP contribution in [0, 0.1) is 0 Å². The molecular formula is C14H22N4. The third-order valence-corrected chi connectivity index (χ3v) is 3.15. The number of nitrogens with one attached hydrogen (secondary N) is 1. The van der Waals surface area contributed by atoms with Crippen LogP contribution in [0.3, 0.4) is 0 Å². The summed E-state index contributed by atoms with van der Waals surface area (Å²) in [7, 11) is 1.98. The Balaban J connectivity index is 1.87. The van der Waals surface area contributed by atoms with Crippen molar-refractivity contribution in [2.24, 2.45) is 7.05 Å². The van der Waals surface area contributed by atoms with E-state index in [1.165, 1.54) is 16.8 Å². The first-order valence-corrected chi connectivity index (χ1v) is 6.59. The number of aryl methyl sites for hydroxylation is 3. The van der Waals surface area contributed by atoms with Crippen molar-refractivity contribution in [3.05, 3.63) is 41.5 Å². The predicted molar refractivity (Wildman–Crippen MR) is 73.2 cm³/mol. The molecule has 98 valence electrons. The van der Waals surface area contributed by atoms with E-state index in [1.54, 1.807) is 0 Å². The van der Waals surface area contributed by atoms with Gasteiger partial charge >= 0.3 is 0 Å². The van der Waals surface area contributed by atoms with E-state index in [2.05, 4.69) is 53.5 Å². The van der Waals surface area contributed by atoms with E-state index in [1.807, 2.05) is 11.7 Å². The third-order valence-electron chi connectivity index (χ3n) is 3.15. The van der Waals surface area contributed by atoms with E-state index in [-0.39, 0.29) is 0 Å². The largest absolute Gasteiger partial charge is 0.354 e. The Bertz CT molecular complexity index is 496. The van der Waals surface area contributed by atoms with Gasteiger partial charge in [0.1, 0.15) is 0 Å². The van der Waals surface area contributed by atoms with Gasteiger partial charge < -0.3 is 9.88 Å². The summed E-state index contributed by atoms with van der Waals surface area (Å²) in [5.74, 6) is 0. The number of nitrogens with zero attached hydrogens (tertiary/aromatic N) is 3. The zero-order valence-corrected chi connectivity index (χ0v) is 11.5. The molecule has 18 heavy (non-hydrogen) atoms. The molecule has 2 aromatic rings. The van der Waals surface area contributed by atoms with E-state index < -0.39 is 0 Å². The molecule has 0 aliphatic rings. The van der Waals surface area contributed by atoms with Gasteiger partial charge in [0.2, 0.25) is 0 Å². The minimum atomic E-state index is 0.883. The summed E-state index contributed by atoms with van der Waals surface area (Å²) in [6.45, 7) is 7.12. The highest BCUT2D eigenvalue weighted by Gasteiger charge is 2.05. The van der Waals surface area contributed by atoms with E-state index >= 15 is 0 Å². The minimum Gasteiger partial charge on any atom is -0.354 e. The maximum atomic E-state index is 4.44. The molecule has 4 nitrogen and oxygen atoms in total. The van der Waals surface area contributed by atoms with Gasteiger partial charge in [0.25, 0.3) is 0 Å². The molecule has 2 aromatic heterocycles. The lowest BCUT2D eigenvalue weighted by molar-refractivity contribution is 0.683. The normalized spacial score (nSPS) is 11.1. The Morgan fingerprint density at radius 2 is 2.06 bits per heavy atom. The molecule has 0 spiro atoms. The molecule has 4 heteroatoms. The second-order valence-electron chi connectivity index (χ2n) is 4.58. The van der Waals surface area contributed by atoms with E-state index in [0.29, 0.717) is 0 Å². The zero-order valence-electron chi connectivity index (χ0n) is 11.5. The van der Waals surface area contributed by atoms with Crippen molar-refractivity contribution >= 4 is 0 Å². The van der Waals surface area contributed by atoms with Crippen molar-refractivity contribution in [2.45, 2.75) is 39.9 Å². The van der Waals surface area contributed by atoms with Gasteiger partial charge in [-0.2, -0.15) is 5.10 Å². The lowest BCUT2D eigenvalue weighted by atomic mass is 10.2. The molecule has 0 aromatic carbocycles. The maximum Gasteiger partial charge on any atom is 0.0666 e. The highest BCUT2D eigenvalue weighted by Crippen LogP contribution is 2.07. The maximum absolute atomic E-state index is 4.44. The average Bonchev–Trinajstić information content (AvgIpc) is 2.96. The van der Waals surface area contributed by atoms with Crippen LogP contribution in [0.1, 0.15) is 30.7 Å². The molecular weight excluding hydrogens is 224 g/mol. The number of aromatic nitrogens is 3. The number of hydrogen-bond acceptors (Lipinski definition) is 2.